The molecular weight excluding hydrogens is 1690 g/mol. The van der Waals surface area contributed by atoms with Crippen LogP contribution in [0.3, 0.4) is 0 Å². The molecule has 5 N–H and O–H groups in total. The van der Waals surface area contributed by atoms with Crippen molar-refractivity contribution in [3.05, 3.63) is 264 Å². The third-order valence-corrected chi connectivity index (χ3v) is 22.2. The summed E-state index contributed by atoms with van der Waals surface area (Å²) in [6.07, 6.45) is -4.66. The first-order chi connectivity index (χ1) is 58.9. The Kier molecular flexibility index (Phi) is 28.3. The Balaban J connectivity index is 0.000000145. The Morgan fingerprint density at radius 2 is 0.718 bits per heavy atom. The molecule has 0 radical (unpaired) electrons. The van der Waals surface area contributed by atoms with Crippen LogP contribution in [-0.2, 0) is 79.3 Å². The minimum absolute atomic E-state index is 0.0687. The average Bonchev–Trinajstić information content (AvgIpc) is 2.60. The number of aromatic nitrogens is 10. The van der Waals surface area contributed by atoms with Gasteiger partial charge in [0, 0.05) is 79.0 Å². The average molecular weight is 1780 g/mol. The van der Waals surface area contributed by atoms with Gasteiger partial charge in [-0.05, 0) is 198 Å². The number of hydrogen-bond acceptors (Lipinski definition) is 20. The first-order valence-corrected chi connectivity index (χ1v) is 41.2. The van der Waals surface area contributed by atoms with Crippen LogP contribution in [0.2, 0.25) is 20.1 Å². The number of carbonyl (C=O) groups excluding carboxylic acids is 5. The van der Waals surface area contributed by atoms with E-state index in [0.717, 1.165) is 136 Å². The second kappa shape index (κ2) is 38.6. The number of fused-ring (bicyclic) bond motifs is 5. The molecule has 11 aromatic rings. The number of carboxylic acid groups (broad SMARTS) is 2. The highest BCUT2D eigenvalue weighted by molar-refractivity contribution is 6.31. The zero-order valence-corrected chi connectivity index (χ0v) is 73.5. The largest absolute Gasteiger partial charge is 0.478 e. The van der Waals surface area contributed by atoms with E-state index in [1.807, 2.05) is 137 Å². The molecule has 5 aliphatic heterocycles. The molecule has 6 aromatic carbocycles. The van der Waals surface area contributed by atoms with Crippen LogP contribution < -0.4 is 35.6 Å². The monoisotopic (exact) mass is 1780 g/mol. The van der Waals surface area contributed by atoms with Crippen LogP contribution in [0.5, 0.6) is 0 Å². The smallest absolute Gasteiger partial charge is 0.436 e. The van der Waals surface area contributed by atoms with Crippen LogP contribution in [0.1, 0.15) is 183 Å². The van der Waals surface area contributed by atoms with Gasteiger partial charge in [0.15, 0.2) is 5.69 Å². The SMILES string of the molecule is COC(=O)c1c(C(F)(F)F)nn2c1NCC2.COC(=O)c1c(C)nn2c1N(Cc1cc(C)cc(Cl)c1)CC2.COC(=O)c1ccc([C@H](C)NC(=O)c2c(C)nn3c2N(Cc2cc(C)cc(Cl)c2)CC3)cc1.Cc1cc(Cl)cc(CN2CCn3nc(C)c(C(=O)N[C@@H](C)c4ccc(C(=O)O)cc4)c32)c1.Cc1cc(Cl)cc(CN2CCn3nc(C)c(C(=O)O)c32)c1. The fraction of sp³-hybridized carbons (Fsp3) is 0.341. The van der Waals surface area contributed by atoms with Crippen LogP contribution in [0.25, 0.3) is 0 Å². The van der Waals surface area contributed by atoms with Gasteiger partial charge in [0.05, 0.1) is 100 Å². The van der Waals surface area contributed by atoms with Crippen LogP contribution in [0.15, 0.2) is 121 Å². The molecule has 36 heteroatoms. The number of nitrogens with zero attached hydrogens (tertiary/aromatic N) is 14. The quantitative estimate of drug-likeness (QED) is 0.0371. The molecule has 0 spiro atoms. The predicted octanol–water partition coefficient (Wildman–Crippen LogP) is 15.8. The van der Waals surface area contributed by atoms with Gasteiger partial charge >= 0.3 is 36.0 Å². The number of ether oxygens (including phenoxy) is 3. The van der Waals surface area contributed by atoms with Gasteiger partial charge in [-0.2, -0.15) is 38.7 Å². The van der Waals surface area contributed by atoms with E-state index >= 15 is 0 Å². The summed E-state index contributed by atoms with van der Waals surface area (Å²) in [5.41, 5.74) is 14.1. The lowest BCUT2D eigenvalue weighted by Gasteiger charge is -2.21. The Bertz CT molecular complexity index is 5820. The van der Waals surface area contributed by atoms with Crippen molar-refractivity contribution >= 4 is 117 Å². The summed E-state index contributed by atoms with van der Waals surface area (Å²) in [4.78, 5) is 92.6. The number of aromatic carboxylic acids is 2. The molecule has 652 valence electrons. The first-order valence-electron chi connectivity index (χ1n) is 39.7. The molecule has 2 amide bonds. The molecule has 0 fully saturated rings. The molecule has 0 unspecified atom stereocenters. The minimum atomic E-state index is -4.66. The third-order valence-electron chi connectivity index (χ3n) is 21.3. The number of amides is 2. The fourth-order valence-corrected chi connectivity index (χ4v) is 17.2. The van der Waals surface area contributed by atoms with E-state index in [1.54, 1.807) is 35.9 Å². The summed E-state index contributed by atoms with van der Waals surface area (Å²) in [7, 11) is 3.77. The van der Waals surface area contributed by atoms with Crippen LogP contribution in [0.4, 0.5) is 42.3 Å². The molecule has 124 heavy (non-hydrogen) atoms. The van der Waals surface area contributed by atoms with Crippen molar-refractivity contribution in [1.29, 1.82) is 0 Å². The predicted molar refractivity (Wildman–Crippen MR) is 465 cm³/mol. The van der Waals surface area contributed by atoms with Gasteiger partial charge in [0.2, 0.25) is 0 Å². The van der Waals surface area contributed by atoms with E-state index < -0.39 is 35.3 Å². The van der Waals surface area contributed by atoms with Crippen LogP contribution in [0, 0.1) is 55.4 Å². The van der Waals surface area contributed by atoms with E-state index in [4.69, 9.17) is 61.0 Å². The second-order valence-electron chi connectivity index (χ2n) is 30.7. The number of nitrogens with one attached hydrogen (secondary N) is 3. The van der Waals surface area contributed by atoms with Gasteiger partial charge < -0.3 is 60.0 Å². The van der Waals surface area contributed by atoms with E-state index in [-0.39, 0.29) is 47.2 Å². The maximum atomic E-state index is 13.3. The van der Waals surface area contributed by atoms with Gasteiger partial charge in [-0.1, -0.05) is 94.9 Å². The van der Waals surface area contributed by atoms with Crippen molar-refractivity contribution < 1.29 is 71.2 Å². The lowest BCUT2D eigenvalue weighted by molar-refractivity contribution is -0.142. The number of benzene rings is 6. The molecule has 0 bridgehead atoms. The molecule has 2 atom stereocenters. The Morgan fingerprint density at radius 1 is 0.403 bits per heavy atom. The van der Waals surface area contributed by atoms with E-state index in [1.165, 1.54) is 26.4 Å². The molecule has 16 rings (SSSR count). The van der Waals surface area contributed by atoms with Crippen molar-refractivity contribution in [2.75, 3.05) is 79.0 Å². The van der Waals surface area contributed by atoms with Gasteiger partial charge in [0.25, 0.3) is 11.8 Å². The Labute approximate surface area is 733 Å². The number of rotatable bonds is 19. The summed E-state index contributed by atoms with van der Waals surface area (Å²) in [5, 5.41) is 51.4. The molecule has 0 saturated heterocycles. The third kappa shape index (κ3) is 20.8. The summed E-state index contributed by atoms with van der Waals surface area (Å²) < 4.78 is 60.3. The topological polar surface area (TPSA) is 326 Å². The molecule has 29 nitrogen and oxygen atoms in total. The number of methoxy groups -OCH3 is 3. The highest BCUT2D eigenvalue weighted by atomic mass is 35.5. The lowest BCUT2D eigenvalue weighted by atomic mass is 10.1. The van der Waals surface area contributed by atoms with E-state index in [2.05, 4.69) is 90.0 Å². The number of aryl methyl sites for hydroxylation is 8. The molecule has 5 aromatic heterocycles. The zero-order valence-electron chi connectivity index (χ0n) is 70.5. The highest BCUT2D eigenvalue weighted by Crippen LogP contribution is 2.39. The van der Waals surface area contributed by atoms with E-state index in [0.29, 0.717) is 117 Å². The molecule has 10 heterocycles. The molecule has 0 aliphatic carbocycles. The van der Waals surface area contributed by atoms with Crippen molar-refractivity contribution in [2.45, 2.75) is 146 Å². The maximum Gasteiger partial charge on any atom is 0.436 e. The number of hydrogen-bond donors (Lipinski definition) is 5. The van der Waals surface area contributed by atoms with Crippen molar-refractivity contribution in [3.8, 4) is 0 Å². The molecule has 0 saturated carbocycles. The van der Waals surface area contributed by atoms with Crippen molar-refractivity contribution in [1.82, 2.24) is 59.5 Å². The van der Waals surface area contributed by atoms with Crippen molar-refractivity contribution in [3.63, 3.8) is 0 Å². The fourth-order valence-electron chi connectivity index (χ4n) is 15.9. The highest BCUT2D eigenvalue weighted by Gasteiger charge is 2.44. The van der Waals surface area contributed by atoms with Gasteiger partial charge in [-0.3, -0.25) is 9.59 Å². The van der Waals surface area contributed by atoms with Crippen molar-refractivity contribution in [2.24, 2.45) is 0 Å². The number of halogens is 7. The molecule has 5 aliphatic rings. The van der Waals surface area contributed by atoms with Gasteiger partial charge in [-0.15, -0.1) is 0 Å². The minimum Gasteiger partial charge on any atom is -0.478 e. The summed E-state index contributed by atoms with van der Waals surface area (Å²) >= 11 is 24.7. The number of carbonyl (C=O) groups is 7. The number of esters is 3. The first kappa shape index (κ1) is 90.8. The summed E-state index contributed by atoms with van der Waals surface area (Å²) in [6, 6.07) is 36.9. The normalized spacial score (nSPS) is 13.7. The Morgan fingerprint density at radius 3 is 1.04 bits per heavy atom. The summed E-state index contributed by atoms with van der Waals surface area (Å²) in [5.74, 6) is -0.812. The van der Waals surface area contributed by atoms with Gasteiger partial charge in [-0.25, -0.2) is 47.4 Å². The van der Waals surface area contributed by atoms with Gasteiger partial charge in [0.1, 0.15) is 56.9 Å². The second-order valence-corrected chi connectivity index (χ2v) is 32.4. The maximum absolute atomic E-state index is 13.3. The van der Waals surface area contributed by atoms with Crippen LogP contribution in [-0.4, -0.2) is 155 Å². The number of anilines is 5. The molecular formula is C88H94Cl4F3N17O12. The zero-order chi connectivity index (χ0) is 89.6. The standard InChI is InChI=1S/C25H27ClN4O3.C24H25ClN4O3.C16H18ClN3O2.C15H16ClN3O2.C8H8F3N3O2/c1-15-11-18(13-21(26)12-15)14-29-9-10-30-24(29)22(17(3)28-30)23(31)27-16(2)19-5-7-20(8-6-19)25(32)33-4;1-14-10-17(12-20(25)11-14)13-28-8-9-29-23(28)21(16(3)27-29)22(30)26-15(2)18-4-6-19(7-5-18)24(31)32;1-10-6-12(8-13(17)7-10)9-19-4-5-20-15(19)14(11(2)18-20)16(21)22-3;1-9-5-11(7-12(16)6-9)8-18-3-4-19-14(18)13(15(20)21)10(2)17-19;1-16-7(15)4-5(8(9,10)11)13-14-3-2-12-6(4)14/h5-8,11-13,16H,9-10,14H2,1-4H3,(H,27,31);4-7,10-12,15H,8-9,13H2,1-3H3,(H,26,30)(H,31,32);6-8H,4-5,9H2,1-3H3;5-7H,3-4,8H2,1-2H3,(H,20,21);12H,2-3H2,1H3/t16-;15-;;;/m00.../s1. The van der Waals surface area contributed by atoms with Crippen LogP contribution >= 0.6 is 46.4 Å². The summed E-state index contributed by atoms with van der Waals surface area (Å²) in [6.45, 7) is 28.5. The Hall–Kier alpha value is -12.4. The number of carboxylic acids is 2. The lowest BCUT2D eigenvalue weighted by Crippen LogP contribution is -2.29. The number of alkyl halides is 3. The van der Waals surface area contributed by atoms with E-state index in [9.17, 15) is 51.8 Å².